The molecule has 0 radical (unpaired) electrons. The lowest BCUT2D eigenvalue weighted by molar-refractivity contribution is -0.122. The largest absolute Gasteiger partial charge is 0.497 e. The smallest absolute Gasteiger partial charge is 0.322 e. The van der Waals surface area contributed by atoms with E-state index in [1.165, 1.54) is 0 Å². The minimum absolute atomic E-state index is 0.106. The number of imide groups is 1. The number of hydrogen-bond donors (Lipinski definition) is 3. The Bertz CT molecular complexity index is 937. The fourth-order valence-corrected chi connectivity index (χ4v) is 3.86. The van der Waals surface area contributed by atoms with Crippen LogP contribution in [-0.4, -0.2) is 40.8 Å². The van der Waals surface area contributed by atoms with Crippen LogP contribution in [0.5, 0.6) is 5.75 Å². The Morgan fingerprint density at radius 2 is 2.10 bits per heavy atom. The van der Waals surface area contributed by atoms with E-state index >= 15 is 0 Å². The van der Waals surface area contributed by atoms with Gasteiger partial charge in [-0.05, 0) is 49.9 Å². The van der Waals surface area contributed by atoms with Crippen LogP contribution in [0.4, 0.5) is 4.79 Å². The first kappa shape index (κ1) is 19.0. The van der Waals surface area contributed by atoms with E-state index in [0.717, 1.165) is 42.0 Å². The Labute approximate surface area is 167 Å². The predicted molar refractivity (Wildman–Crippen MR) is 104 cm³/mol. The topological polar surface area (TPSA) is 114 Å². The minimum atomic E-state index is -0.645. The summed E-state index contributed by atoms with van der Waals surface area (Å²) in [5.74, 6) is 0.254. The van der Waals surface area contributed by atoms with E-state index in [-0.39, 0.29) is 30.7 Å². The van der Waals surface area contributed by atoms with Crippen molar-refractivity contribution in [3.8, 4) is 11.4 Å². The Kier molecular flexibility index (Phi) is 5.20. The van der Waals surface area contributed by atoms with Gasteiger partial charge in [-0.3, -0.25) is 14.9 Å². The van der Waals surface area contributed by atoms with Gasteiger partial charge in [-0.1, -0.05) is 0 Å². The van der Waals surface area contributed by atoms with E-state index in [4.69, 9.17) is 4.74 Å². The Hall–Kier alpha value is -3.36. The number of nitrogens with zero attached hydrogens (tertiary/aromatic N) is 2. The molecule has 152 valence electrons. The second kappa shape index (κ2) is 7.94. The van der Waals surface area contributed by atoms with Gasteiger partial charge >= 0.3 is 6.03 Å². The third-order valence-corrected chi connectivity index (χ3v) is 5.35. The van der Waals surface area contributed by atoms with Crippen molar-refractivity contribution in [2.24, 2.45) is 0 Å². The van der Waals surface area contributed by atoms with Gasteiger partial charge in [0.15, 0.2) is 0 Å². The van der Waals surface area contributed by atoms with Gasteiger partial charge < -0.3 is 15.4 Å². The van der Waals surface area contributed by atoms with Crippen LogP contribution in [0.25, 0.3) is 5.69 Å². The van der Waals surface area contributed by atoms with Crippen molar-refractivity contribution in [2.45, 2.75) is 44.2 Å². The number of urea groups is 1. The van der Waals surface area contributed by atoms with E-state index in [1.54, 1.807) is 7.11 Å². The summed E-state index contributed by atoms with van der Waals surface area (Å²) in [6.45, 7) is 0. The molecule has 2 atom stereocenters. The van der Waals surface area contributed by atoms with Crippen LogP contribution in [0, 0.1) is 0 Å². The number of aromatic nitrogens is 2. The first-order chi connectivity index (χ1) is 14.0. The maximum atomic E-state index is 12.4. The number of methoxy groups -OCH3 is 1. The lowest BCUT2D eigenvalue weighted by Gasteiger charge is -2.24. The predicted octanol–water partition coefficient (Wildman–Crippen LogP) is 1.36. The number of benzene rings is 1. The van der Waals surface area contributed by atoms with Crippen molar-refractivity contribution in [2.75, 3.05) is 7.11 Å². The van der Waals surface area contributed by atoms with E-state index in [9.17, 15) is 14.4 Å². The summed E-state index contributed by atoms with van der Waals surface area (Å²) in [6.07, 6.45) is 4.93. The zero-order valence-electron chi connectivity index (χ0n) is 16.1. The zero-order valence-corrected chi connectivity index (χ0v) is 16.1. The number of ether oxygens (including phenoxy) is 1. The van der Waals surface area contributed by atoms with Crippen LogP contribution < -0.4 is 20.7 Å². The molecule has 0 bridgehead atoms. The van der Waals surface area contributed by atoms with Crippen LogP contribution in [0.3, 0.4) is 0 Å². The Morgan fingerprint density at radius 3 is 2.79 bits per heavy atom. The molecule has 2 aromatic rings. The summed E-state index contributed by atoms with van der Waals surface area (Å²) in [7, 11) is 1.63. The molecule has 3 N–H and O–H groups in total. The monoisotopic (exact) mass is 397 g/mol. The minimum Gasteiger partial charge on any atom is -0.497 e. The SMILES string of the molecule is COc1ccc(-n2ncc3c2CCC[C@@H]3NC(=O)CC[C@H]2NC(=O)NC2=O)cc1. The summed E-state index contributed by atoms with van der Waals surface area (Å²) in [5, 5.41) is 12.3. The van der Waals surface area contributed by atoms with E-state index < -0.39 is 12.1 Å². The summed E-state index contributed by atoms with van der Waals surface area (Å²) in [5.41, 5.74) is 3.06. The van der Waals surface area contributed by atoms with Gasteiger partial charge in [0.25, 0.3) is 5.91 Å². The average molecular weight is 397 g/mol. The van der Waals surface area contributed by atoms with Gasteiger partial charge in [0, 0.05) is 17.7 Å². The third-order valence-electron chi connectivity index (χ3n) is 5.35. The number of hydrogen-bond acceptors (Lipinski definition) is 5. The first-order valence-electron chi connectivity index (χ1n) is 9.67. The first-order valence-corrected chi connectivity index (χ1v) is 9.67. The number of fused-ring (bicyclic) bond motifs is 1. The molecule has 1 aromatic carbocycles. The normalized spacial score (nSPS) is 20.6. The molecule has 29 heavy (non-hydrogen) atoms. The second-order valence-corrected chi connectivity index (χ2v) is 7.22. The number of carbonyl (C=O) groups excluding carboxylic acids is 3. The molecule has 2 heterocycles. The van der Waals surface area contributed by atoms with Crippen LogP contribution in [0.1, 0.15) is 43.0 Å². The molecule has 0 unspecified atom stereocenters. The highest BCUT2D eigenvalue weighted by atomic mass is 16.5. The second-order valence-electron chi connectivity index (χ2n) is 7.22. The van der Waals surface area contributed by atoms with Gasteiger partial charge in [0.05, 0.1) is 25.0 Å². The van der Waals surface area contributed by atoms with Gasteiger partial charge in [0.1, 0.15) is 11.8 Å². The van der Waals surface area contributed by atoms with Crippen molar-refractivity contribution in [1.29, 1.82) is 0 Å². The molecule has 4 amide bonds. The van der Waals surface area contributed by atoms with E-state index in [1.807, 2.05) is 35.1 Å². The molecule has 9 heteroatoms. The zero-order chi connectivity index (χ0) is 20.4. The fourth-order valence-electron chi connectivity index (χ4n) is 3.86. The van der Waals surface area contributed by atoms with Crippen LogP contribution >= 0.6 is 0 Å². The molecule has 1 aliphatic heterocycles. The molecule has 1 saturated heterocycles. The van der Waals surface area contributed by atoms with Crippen LogP contribution in [-0.2, 0) is 16.0 Å². The van der Waals surface area contributed by atoms with Gasteiger partial charge in [0.2, 0.25) is 5.91 Å². The molecule has 2 aliphatic rings. The molecule has 0 saturated carbocycles. The number of rotatable bonds is 6. The van der Waals surface area contributed by atoms with Gasteiger partial charge in [-0.15, -0.1) is 0 Å². The number of nitrogens with one attached hydrogen (secondary N) is 3. The van der Waals surface area contributed by atoms with Crippen LogP contribution in [0.15, 0.2) is 30.5 Å². The van der Waals surface area contributed by atoms with E-state index in [0.29, 0.717) is 0 Å². The Balaban J connectivity index is 1.42. The highest BCUT2D eigenvalue weighted by Crippen LogP contribution is 2.31. The molecule has 9 nitrogen and oxygen atoms in total. The average Bonchev–Trinajstić information content (AvgIpc) is 3.29. The van der Waals surface area contributed by atoms with Crippen molar-refractivity contribution in [1.82, 2.24) is 25.7 Å². The summed E-state index contributed by atoms with van der Waals surface area (Å²) < 4.78 is 7.12. The van der Waals surface area contributed by atoms with Crippen molar-refractivity contribution in [3.05, 3.63) is 41.7 Å². The summed E-state index contributed by atoms with van der Waals surface area (Å²) in [6, 6.07) is 6.43. The highest BCUT2D eigenvalue weighted by molar-refractivity contribution is 6.04. The molecular formula is C20H23N5O4. The molecule has 1 aromatic heterocycles. The molecule has 4 rings (SSSR count). The Morgan fingerprint density at radius 1 is 1.31 bits per heavy atom. The number of carbonyl (C=O) groups is 3. The summed E-state index contributed by atoms with van der Waals surface area (Å²) in [4.78, 5) is 35.2. The maximum absolute atomic E-state index is 12.4. The quantitative estimate of drug-likeness (QED) is 0.637. The third kappa shape index (κ3) is 3.94. The lowest BCUT2D eigenvalue weighted by atomic mass is 9.92. The maximum Gasteiger partial charge on any atom is 0.322 e. The van der Waals surface area contributed by atoms with Gasteiger partial charge in [-0.25, -0.2) is 9.48 Å². The molecular weight excluding hydrogens is 374 g/mol. The van der Waals surface area contributed by atoms with Crippen molar-refractivity contribution < 1.29 is 19.1 Å². The summed E-state index contributed by atoms with van der Waals surface area (Å²) >= 11 is 0. The molecule has 0 spiro atoms. The molecule has 1 fully saturated rings. The lowest BCUT2D eigenvalue weighted by Crippen LogP contribution is -2.34. The standard InChI is InChI=1S/C20H23N5O4/c1-29-13-7-5-12(6-8-13)25-17-4-2-3-15(14(17)11-21-25)22-18(26)10-9-16-19(27)24-20(28)23-16/h5-8,11,15-16H,2-4,9-10H2,1H3,(H,22,26)(H2,23,24,27,28)/t15-,16+/m0/s1. The fraction of sp³-hybridized carbons (Fsp3) is 0.400. The number of amides is 4. The van der Waals surface area contributed by atoms with E-state index in [2.05, 4.69) is 21.0 Å². The van der Waals surface area contributed by atoms with Gasteiger partial charge in [-0.2, -0.15) is 5.10 Å². The highest BCUT2D eigenvalue weighted by Gasteiger charge is 2.30. The van der Waals surface area contributed by atoms with Crippen molar-refractivity contribution >= 4 is 17.8 Å². The van der Waals surface area contributed by atoms with Crippen LogP contribution in [0.2, 0.25) is 0 Å². The van der Waals surface area contributed by atoms with Crippen molar-refractivity contribution in [3.63, 3.8) is 0 Å². The molecule has 1 aliphatic carbocycles.